The molecule has 1 aromatic carbocycles. The van der Waals surface area contributed by atoms with Crippen LogP contribution < -0.4 is 4.74 Å². The van der Waals surface area contributed by atoms with Gasteiger partial charge in [-0.15, -0.1) is 0 Å². The van der Waals surface area contributed by atoms with E-state index in [4.69, 9.17) is 15.3 Å². The van der Waals surface area contributed by atoms with Crippen LogP contribution in [-0.4, -0.2) is 29.0 Å². The molecule has 0 saturated heterocycles. The first-order valence-electron chi connectivity index (χ1n) is 5.03. The summed E-state index contributed by atoms with van der Waals surface area (Å²) in [6.07, 6.45) is -0.864. The van der Waals surface area contributed by atoms with Gasteiger partial charge in [0.05, 0.1) is 17.1 Å². The third kappa shape index (κ3) is 3.98. The molecule has 0 unspecified atom stereocenters. The molecule has 0 spiro atoms. The number of nitriles is 2. The van der Waals surface area contributed by atoms with Crippen molar-refractivity contribution in [1.29, 1.82) is 10.5 Å². The van der Waals surface area contributed by atoms with E-state index in [9.17, 15) is 14.9 Å². The number of rotatable bonds is 4. The summed E-state index contributed by atoms with van der Waals surface area (Å²) in [5.74, 6) is 0.0940. The van der Waals surface area contributed by atoms with Gasteiger partial charge in [-0.05, 0) is 12.1 Å². The number of hydrogen-bond donors (Lipinski definition) is 0. The van der Waals surface area contributed by atoms with Gasteiger partial charge in [-0.2, -0.15) is 10.5 Å². The maximum atomic E-state index is 11.6. The Bertz CT molecular complexity index is 540. The van der Waals surface area contributed by atoms with Crippen LogP contribution in [0.4, 0.5) is 10.5 Å². The molecule has 8 heteroatoms. The van der Waals surface area contributed by atoms with Gasteiger partial charge in [-0.25, -0.2) is 4.79 Å². The third-order valence-corrected chi connectivity index (χ3v) is 2.03. The Labute approximate surface area is 108 Å². The maximum absolute atomic E-state index is 11.6. The number of carbonyl (C=O) groups is 1. The van der Waals surface area contributed by atoms with E-state index in [0.29, 0.717) is 0 Å². The minimum Gasteiger partial charge on any atom is -0.410 e. The number of amides is 1. The average molecular weight is 260 g/mol. The number of nitrogens with zero attached hydrogens (tertiary/aromatic N) is 4. The van der Waals surface area contributed by atoms with Crippen molar-refractivity contribution in [3.05, 3.63) is 34.4 Å². The lowest BCUT2D eigenvalue weighted by molar-refractivity contribution is -0.384. The zero-order chi connectivity index (χ0) is 14.3. The molecule has 0 N–H and O–H groups in total. The van der Waals surface area contributed by atoms with Crippen LogP contribution in [0.1, 0.15) is 0 Å². The summed E-state index contributed by atoms with van der Waals surface area (Å²) in [5, 5.41) is 27.4. The van der Waals surface area contributed by atoms with Crippen LogP contribution in [0, 0.1) is 32.8 Å². The Morgan fingerprint density at radius 2 is 1.79 bits per heavy atom. The molecule has 0 aromatic heterocycles. The Kier molecular flexibility index (Phi) is 4.82. The van der Waals surface area contributed by atoms with Crippen LogP contribution in [0.3, 0.4) is 0 Å². The molecule has 0 aliphatic heterocycles. The van der Waals surface area contributed by atoms with Gasteiger partial charge in [0, 0.05) is 12.1 Å². The number of non-ortho nitro benzene ring substituents is 1. The predicted octanol–water partition coefficient (Wildman–Crippen LogP) is 1.44. The molecular weight excluding hydrogens is 252 g/mol. The van der Waals surface area contributed by atoms with Gasteiger partial charge in [-0.1, -0.05) is 0 Å². The minimum atomic E-state index is -0.864. The first-order valence-corrected chi connectivity index (χ1v) is 5.03. The van der Waals surface area contributed by atoms with Crippen molar-refractivity contribution in [3.8, 4) is 17.9 Å². The maximum Gasteiger partial charge on any atom is 0.416 e. The molecular formula is C11H8N4O4. The van der Waals surface area contributed by atoms with Crippen molar-refractivity contribution in [2.75, 3.05) is 13.1 Å². The van der Waals surface area contributed by atoms with E-state index in [1.165, 1.54) is 24.3 Å². The van der Waals surface area contributed by atoms with Gasteiger partial charge in [-0.3, -0.25) is 15.0 Å². The number of hydrogen-bond acceptors (Lipinski definition) is 6. The Morgan fingerprint density at radius 3 is 2.21 bits per heavy atom. The molecule has 19 heavy (non-hydrogen) atoms. The second-order valence-corrected chi connectivity index (χ2v) is 3.29. The molecule has 0 bridgehead atoms. The van der Waals surface area contributed by atoms with E-state index in [0.717, 1.165) is 4.90 Å². The lowest BCUT2D eigenvalue weighted by Crippen LogP contribution is -2.34. The quantitative estimate of drug-likeness (QED) is 0.458. The third-order valence-electron chi connectivity index (χ3n) is 2.03. The van der Waals surface area contributed by atoms with Crippen LogP contribution in [0.15, 0.2) is 24.3 Å². The molecule has 0 heterocycles. The Morgan fingerprint density at radius 1 is 1.26 bits per heavy atom. The smallest absolute Gasteiger partial charge is 0.410 e. The molecule has 0 aliphatic rings. The SMILES string of the molecule is N#CCN(CC#N)C(=O)Oc1ccc([N+](=O)[O-])cc1. The fourth-order valence-corrected chi connectivity index (χ4v) is 1.16. The Balaban J connectivity index is 2.73. The number of ether oxygens (including phenoxy) is 1. The summed E-state index contributed by atoms with van der Waals surface area (Å²) in [5.41, 5.74) is -0.134. The number of carbonyl (C=O) groups excluding carboxylic acids is 1. The van der Waals surface area contributed by atoms with Gasteiger partial charge >= 0.3 is 6.09 Å². The van der Waals surface area contributed by atoms with Crippen molar-refractivity contribution < 1.29 is 14.5 Å². The summed E-state index contributed by atoms with van der Waals surface area (Å²) < 4.78 is 4.88. The second-order valence-electron chi connectivity index (χ2n) is 3.29. The summed E-state index contributed by atoms with van der Waals surface area (Å²) in [6, 6.07) is 8.33. The highest BCUT2D eigenvalue weighted by atomic mass is 16.6. The lowest BCUT2D eigenvalue weighted by Gasteiger charge is -2.15. The summed E-state index contributed by atoms with van der Waals surface area (Å²) >= 11 is 0. The highest BCUT2D eigenvalue weighted by Crippen LogP contribution is 2.17. The molecule has 8 nitrogen and oxygen atoms in total. The van der Waals surface area contributed by atoms with E-state index in [2.05, 4.69) is 0 Å². The molecule has 0 aliphatic carbocycles. The minimum absolute atomic E-state index is 0.0940. The first kappa shape index (κ1) is 13.9. The topological polar surface area (TPSA) is 120 Å². The van der Waals surface area contributed by atoms with Crippen LogP contribution in [0.2, 0.25) is 0 Å². The molecule has 1 amide bonds. The summed E-state index contributed by atoms with van der Waals surface area (Å²) in [7, 11) is 0. The lowest BCUT2D eigenvalue weighted by atomic mass is 10.3. The van der Waals surface area contributed by atoms with Gasteiger partial charge in [0.1, 0.15) is 18.8 Å². The van der Waals surface area contributed by atoms with E-state index >= 15 is 0 Å². The van der Waals surface area contributed by atoms with Gasteiger partial charge in [0.15, 0.2) is 0 Å². The zero-order valence-electron chi connectivity index (χ0n) is 9.65. The summed E-state index contributed by atoms with van der Waals surface area (Å²) in [6.45, 7) is -0.557. The molecule has 96 valence electrons. The van der Waals surface area contributed by atoms with Gasteiger partial charge < -0.3 is 4.74 Å². The molecule has 0 atom stereocenters. The molecule has 0 radical (unpaired) electrons. The molecule has 0 fully saturated rings. The zero-order valence-corrected chi connectivity index (χ0v) is 9.65. The van der Waals surface area contributed by atoms with Crippen molar-refractivity contribution in [2.24, 2.45) is 0 Å². The van der Waals surface area contributed by atoms with E-state index in [1.807, 2.05) is 0 Å². The number of nitro groups is 1. The van der Waals surface area contributed by atoms with Crippen molar-refractivity contribution in [1.82, 2.24) is 4.90 Å². The fourth-order valence-electron chi connectivity index (χ4n) is 1.16. The van der Waals surface area contributed by atoms with E-state index < -0.39 is 11.0 Å². The normalized spacial score (nSPS) is 8.95. The highest BCUT2D eigenvalue weighted by Gasteiger charge is 2.15. The summed E-state index contributed by atoms with van der Waals surface area (Å²) in [4.78, 5) is 22.3. The largest absolute Gasteiger partial charge is 0.416 e. The monoisotopic (exact) mass is 260 g/mol. The predicted molar refractivity (Wildman–Crippen MR) is 61.9 cm³/mol. The van der Waals surface area contributed by atoms with Crippen molar-refractivity contribution in [2.45, 2.75) is 0 Å². The number of nitro benzene ring substituents is 1. The van der Waals surface area contributed by atoms with Gasteiger partial charge in [0.2, 0.25) is 0 Å². The van der Waals surface area contributed by atoms with Crippen LogP contribution in [0.5, 0.6) is 5.75 Å². The van der Waals surface area contributed by atoms with E-state index in [-0.39, 0.29) is 24.5 Å². The van der Waals surface area contributed by atoms with Gasteiger partial charge in [0.25, 0.3) is 5.69 Å². The fraction of sp³-hybridized carbons (Fsp3) is 0.182. The van der Waals surface area contributed by atoms with Crippen LogP contribution in [-0.2, 0) is 0 Å². The second kappa shape index (κ2) is 6.57. The van der Waals surface area contributed by atoms with Crippen molar-refractivity contribution >= 4 is 11.8 Å². The van der Waals surface area contributed by atoms with Crippen molar-refractivity contribution in [3.63, 3.8) is 0 Å². The molecule has 0 saturated carbocycles. The molecule has 1 rings (SSSR count). The first-order chi connectivity index (χ1) is 9.08. The average Bonchev–Trinajstić information content (AvgIpc) is 2.39. The van der Waals surface area contributed by atoms with Crippen LogP contribution in [0.25, 0.3) is 0 Å². The standard InChI is InChI=1S/C11H8N4O4/c12-5-7-14(8-6-13)11(16)19-10-3-1-9(2-4-10)15(17)18/h1-4H,7-8H2. The molecule has 1 aromatic rings. The van der Waals surface area contributed by atoms with Crippen LogP contribution >= 0.6 is 0 Å². The highest BCUT2D eigenvalue weighted by molar-refractivity contribution is 5.71. The Hall–Kier alpha value is -3.13. The van der Waals surface area contributed by atoms with E-state index in [1.54, 1.807) is 12.1 Å². The number of benzene rings is 1.